The molecule has 1 heterocycles. The van der Waals surface area contributed by atoms with Gasteiger partial charge in [-0.25, -0.2) is 8.42 Å². The fraction of sp³-hybridized carbons (Fsp3) is 0.222. The van der Waals surface area contributed by atoms with Crippen molar-refractivity contribution in [2.45, 2.75) is 31.8 Å². The van der Waals surface area contributed by atoms with E-state index in [9.17, 15) is 18.0 Å². The zero-order valence-corrected chi connectivity index (χ0v) is 22.2. The highest BCUT2D eigenvalue weighted by Gasteiger charge is 2.23. The third-order valence-corrected chi connectivity index (χ3v) is 8.67. The molecule has 0 bridgehead atoms. The summed E-state index contributed by atoms with van der Waals surface area (Å²) in [6.45, 7) is 4.25. The summed E-state index contributed by atoms with van der Waals surface area (Å²) in [6.07, 6.45) is 0. The topological polar surface area (TPSA) is 98.0 Å². The Labute approximate surface area is 219 Å². The number of fused-ring (bicyclic) bond motifs is 1. The van der Waals surface area contributed by atoms with Crippen LogP contribution in [0, 0.1) is 0 Å². The van der Waals surface area contributed by atoms with E-state index >= 15 is 0 Å². The van der Waals surface area contributed by atoms with Crippen LogP contribution in [0.25, 0.3) is 10.2 Å². The van der Waals surface area contributed by atoms with E-state index in [1.165, 1.54) is 39.9 Å². The highest BCUT2D eigenvalue weighted by molar-refractivity contribution is 7.89. The molecule has 10 heteroatoms. The largest absolute Gasteiger partial charge is 0.465 e. The molecule has 0 radical (unpaired) electrons. The molecule has 4 aromatic rings. The number of thiazole rings is 1. The number of hydrogen-bond donors (Lipinski definition) is 0. The van der Waals surface area contributed by atoms with Crippen LogP contribution in [-0.4, -0.2) is 42.3 Å². The predicted molar refractivity (Wildman–Crippen MR) is 142 cm³/mol. The highest BCUT2D eigenvalue weighted by atomic mass is 32.2. The zero-order valence-electron chi connectivity index (χ0n) is 20.5. The Morgan fingerprint density at radius 1 is 0.946 bits per heavy atom. The van der Waals surface area contributed by atoms with Crippen LogP contribution < -0.4 is 4.80 Å². The van der Waals surface area contributed by atoms with Gasteiger partial charge in [-0.05, 0) is 48.9 Å². The molecule has 0 atom stereocenters. The van der Waals surface area contributed by atoms with Crippen molar-refractivity contribution in [2.24, 2.45) is 4.99 Å². The second kappa shape index (κ2) is 11.6. The fourth-order valence-electron chi connectivity index (χ4n) is 3.82. The van der Waals surface area contributed by atoms with E-state index in [4.69, 9.17) is 4.74 Å². The van der Waals surface area contributed by atoms with Crippen LogP contribution in [0.4, 0.5) is 0 Å². The Morgan fingerprint density at radius 2 is 1.62 bits per heavy atom. The monoisotopic (exact) mass is 537 g/mol. The number of carbonyl (C=O) groups excluding carboxylic acids is 2. The molecule has 0 spiro atoms. The van der Waals surface area contributed by atoms with Gasteiger partial charge in [0.1, 0.15) is 6.54 Å². The van der Waals surface area contributed by atoms with Gasteiger partial charge in [0.05, 0.1) is 21.7 Å². The maximum atomic E-state index is 13.2. The minimum Gasteiger partial charge on any atom is -0.465 e. The zero-order chi connectivity index (χ0) is 26.4. The predicted octanol–water partition coefficient (Wildman–Crippen LogP) is 4.22. The number of para-hydroxylation sites is 1. The number of rotatable bonds is 9. The summed E-state index contributed by atoms with van der Waals surface area (Å²) in [7, 11) is -3.76. The summed E-state index contributed by atoms with van der Waals surface area (Å²) < 4.78 is 35.4. The van der Waals surface area contributed by atoms with E-state index in [-0.39, 0.29) is 30.2 Å². The van der Waals surface area contributed by atoms with Gasteiger partial charge < -0.3 is 9.30 Å². The van der Waals surface area contributed by atoms with Crippen LogP contribution in [-0.2, 0) is 32.6 Å². The van der Waals surface area contributed by atoms with Gasteiger partial charge in [-0.1, -0.05) is 60.7 Å². The first kappa shape index (κ1) is 26.5. The second-order valence-corrected chi connectivity index (χ2v) is 11.0. The average Bonchev–Trinajstić information content (AvgIpc) is 3.24. The normalized spacial score (nSPS) is 12.2. The molecule has 1 aromatic heterocycles. The number of ether oxygens (including phenoxy) is 1. The maximum Gasteiger partial charge on any atom is 0.326 e. The van der Waals surface area contributed by atoms with E-state index < -0.39 is 21.9 Å². The van der Waals surface area contributed by atoms with E-state index in [0.717, 1.165) is 15.8 Å². The van der Waals surface area contributed by atoms with E-state index in [1.54, 1.807) is 18.4 Å². The summed E-state index contributed by atoms with van der Waals surface area (Å²) in [5, 5.41) is 0. The van der Waals surface area contributed by atoms with Crippen molar-refractivity contribution < 1.29 is 22.7 Å². The number of esters is 1. The second-order valence-electron chi connectivity index (χ2n) is 8.10. The molecule has 1 amide bonds. The van der Waals surface area contributed by atoms with Gasteiger partial charge in [0.25, 0.3) is 5.91 Å². The molecule has 192 valence electrons. The summed E-state index contributed by atoms with van der Waals surface area (Å²) in [6, 6.07) is 22.6. The standard InChI is InChI=1S/C27H27N3O5S2/c1-3-29(18-20-10-6-5-7-11-20)37(33,34)22-16-14-21(15-17-22)26(32)28-27-30(19-25(31)35-4-2)23-12-8-9-13-24(23)36-27/h5-17H,3-4,18-19H2,1-2H3. The maximum absolute atomic E-state index is 13.2. The van der Waals surface area contributed by atoms with Crippen LogP contribution in [0.3, 0.4) is 0 Å². The summed E-state index contributed by atoms with van der Waals surface area (Å²) in [5.41, 5.74) is 1.90. The highest BCUT2D eigenvalue weighted by Crippen LogP contribution is 2.20. The molecule has 0 aliphatic carbocycles. The number of amides is 1. The van der Waals surface area contributed by atoms with Crippen molar-refractivity contribution in [3.05, 3.63) is 94.8 Å². The third kappa shape index (κ3) is 6.04. The molecule has 0 aliphatic heterocycles. The smallest absolute Gasteiger partial charge is 0.326 e. The summed E-state index contributed by atoms with van der Waals surface area (Å²) >= 11 is 1.29. The lowest BCUT2D eigenvalue weighted by molar-refractivity contribution is -0.143. The molecule has 0 fully saturated rings. The van der Waals surface area contributed by atoms with Crippen LogP contribution >= 0.6 is 11.3 Å². The van der Waals surface area contributed by atoms with Gasteiger partial charge in [0, 0.05) is 18.7 Å². The number of nitrogens with zero attached hydrogens (tertiary/aromatic N) is 3. The van der Waals surface area contributed by atoms with Crippen molar-refractivity contribution in [3.8, 4) is 0 Å². The molecule has 0 saturated heterocycles. The molecule has 0 saturated carbocycles. The fourth-order valence-corrected chi connectivity index (χ4v) is 6.28. The minimum atomic E-state index is -3.76. The van der Waals surface area contributed by atoms with Gasteiger partial charge in [0.2, 0.25) is 10.0 Å². The van der Waals surface area contributed by atoms with E-state index in [2.05, 4.69) is 4.99 Å². The lowest BCUT2D eigenvalue weighted by atomic mass is 10.2. The molecular formula is C27H27N3O5S2. The average molecular weight is 538 g/mol. The van der Waals surface area contributed by atoms with Crippen molar-refractivity contribution in [3.63, 3.8) is 0 Å². The van der Waals surface area contributed by atoms with Crippen molar-refractivity contribution >= 4 is 43.5 Å². The first-order chi connectivity index (χ1) is 17.8. The first-order valence-corrected chi connectivity index (χ1v) is 14.1. The molecule has 37 heavy (non-hydrogen) atoms. The SMILES string of the molecule is CCOC(=O)Cn1c(=NC(=O)c2ccc(S(=O)(=O)N(CC)Cc3ccccc3)cc2)sc2ccccc21. The Kier molecular flexibility index (Phi) is 8.32. The molecule has 4 rings (SSSR count). The number of hydrogen-bond acceptors (Lipinski definition) is 6. The van der Waals surface area contributed by atoms with Gasteiger partial charge >= 0.3 is 5.97 Å². The lowest BCUT2D eigenvalue weighted by Gasteiger charge is -2.20. The molecule has 0 aliphatic rings. The van der Waals surface area contributed by atoms with Gasteiger partial charge in [0.15, 0.2) is 4.80 Å². The summed E-state index contributed by atoms with van der Waals surface area (Å²) in [5.74, 6) is -0.963. The lowest BCUT2D eigenvalue weighted by Crippen LogP contribution is -2.30. The van der Waals surface area contributed by atoms with Gasteiger partial charge in [-0.2, -0.15) is 9.30 Å². The van der Waals surface area contributed by atoms with Crippen molar-refractivity contribution in [2.75, 3.05) is 13.2 Å². The molecule has 3 aromatic carbocycles. The molecule has 8 nitrogen and oxygen atoms in total. The molecule has 0 unspecified atom stereocenters. The van der Waals surface area contributed by atoms with Crippen molar-refractivity contribution in [1.29, 1.82) is 0 Å². The Morgan fingerprint density at radius 3 is 2.30 bits per heavy atom. The number of benzene rings is 3. The van der Waals surface area contributed by atoms with Crippen LogP contribution in [0.5, 0.6) is 0 Å². The molecule has 0 N–H and O–H groups in total. The Bertz CT molecular complexity index is 1570. The Balaban J connectivity index is 1.61. The van der Waals surface area contributed by atoms with Gasteiger partial charge in [-0.15, -0.1) is 0 Å². The van der Waals surface area contributed by atoms with Gasteiger partial charge in [-0.3, -0.25) is 9.59 Å². The van der Waals surface area contributed by atoms with E-state index in [0.29, 0.717) is 11.3 Å². The first-order valence-electron chi connectivity index (χ1n) is 11.8. The number of carbonyl (C=O) groups is 2. The quantitative estimate of drug-likeness (QED) is 0.298. The van der Waals surface area contributed by atoms with Crippen LogP contribution in [0.1, 0.15) is 29.8 Å². The van der Waals surface area contributed by atoms with Crippen LogP contribution in [0.2, 0.25) is 0 Å². The van der Waals surface area contributed by atoms with Crippen molar-refractivity contribution in [1.82, 2.24) is 8.87 Å². The Hall–Kier alpha value is -3.60. The third-order valence-electron chi connectivity index (χ3n) is 5.67. The molecular weight excluding hydrogens is 510 g/mol. The van der Waals surface area contributed by atoms with E-state index in [1.807, 2.05) is 54.6 Å². The minimum absolute atomic E-state index is 0.0740. The van der Waals surface area contributed by atoms with Crippen LogP contribution in [0.15, 0.2) is 88.8 Å². The number of sulfonamides is 1. The number of aromatic nitrogens is 1. The summed E-state index contributed by atoms with van der Waals surface area (Å²) in [4.78, 5) is 29.9.